The number of fused-ring (bicyclic) bond motifs is 14. The van der Waals surface area contributed by atoms with Gasteiger partial charge in [-0.05, 0) is 225 Å². The molecule has 14 aromatic carbocycles. The lowest BCUT2D eigenvalue weighted by Gasteiger charge is -2.21. The average Bonchev–Trinajstić information content (AvgIpc) is 1.59. The van der Waals surface area contributed by atoms with Crippen LogP contribution in [0.3, 0.4) is 0 Å². The molecule has 2 aliphatic rings. The standard InChI is InChI=1S/C86H60N2/c1-85(2)77-25-12-9-22-69(77)72-49-75-71-24-11-14-27-81(71)87(83(75)51-79(72)85)67-37-32-55(33-38-67)56-34-39-68(40-35-56)88-82-41-36-63(48-74(82)76-50-73-70-23-10-13-26-78(70)86(3,4)80(73)52-84(76)88)59-20-15-21-60(44-59)64-45-65(61-30-28-53-16-5-7-18-57(53)42-61)47-66(46-64)62-31-29-54-17-6-8-19-58(54)43-62/h5-52H,1-4H3. The van der Waals surface area contributed by atoms with Gasteiger partial charge < -0.3 is 9.13 Å². The maximum Gasteiger partial charge on any atom is 0.0544 e. The molecule has 0 unspecified atom stereocenters. The van der Waals surface area contributed by atoms with Crippen LogP contribution in [0.5, 0.6) is 0 Å². The minimum Gasteiger partial charge on any atom is -0.309 e. The van der Waals surface area contributed by atoms with E-state index >= 15 is 0 Å². The minimum absolute atomic E-state index is 0.0880. The lowest BCUT2D eigenvalue weighted by Crippen LogP contribution is -2.15. The summed E-state index contributed by atoms with van der Waals surface area (Å²) >= 11 is 0. The Balaban J connectivity index is 0.735. The van der Waals surface area contributed by atoms with Crippen LogP contribution in [0.15, 0.2) is 291 Å². The van der Waals surface area contributed by atoms with E-state index < -0.39 is 0 Å². The van der Waals surface area contributed by atoms with Crippen molar-refractivity contribution in [3.8, 4) is 89.3 Å². The number of para-hydroxylation sites is 1. The van der Waals surface area contributed by atoms with Gasteiger partial charge >= 0.3 is 0 Å². The predicted octanol–water partition coefficient (Wildman–Crippen LogP) is 23.1. The van der Waals surface area contributed by atoms with Crippen molar-refractivity contribution in [2.45, 2.75) is 38.5 Å². The van der Waals surface area contributed by atoms with Crippen LogP contribution >= 0.6 is 0 Å². The van der Waals surface area contributed by atoms with Crippen molar-refractivity contribution < 1.29 is 0 Å². The number of hydrogen-bond donors (Lipinski definition) is 0. The average molecular weight is 1120 g/mol. The van der Waals surface area contributed by atoms with Crippen molar-refractivity contribution >= 4 is 65.2 Å². The smallest absolute Gasteiger partial charge is 0.0544 e. The fraction of sp³-hybridized carbons (Fsp3) is 0.0698. The number of hydrogen-bond acceptors (Lipinski definition) is 0. The van der Waals surface area contributed by atoms with Crippen LogP contribution in [-0.4, -0.2) is 9.13 Å². The quantitative estimate of drug-likeness (QED) is 0.151. The van der Waals surface area contributed by atoms with Gasteiger partial charge in [-0.15, -0.1) is 0 Å². The van der Waals surface area contributed by atoms with E-state index in [0.717, 1.165) is 11.4 Å². The molecule has 0 aliphatic heterocycles. The summed E-state index contributed by atoms with van der Waals surface area (Å²) in [5, 5.41) is 10.0. The van der Waals surface area contributed by atoms with Gasteiger partial charge in [-0.3, -0.25) is 0 Å². The van der Waals surface area contributed by atoms with Gasteiger partial charge in [0.2, 0.25) is 0 Å². The van der Waals surface area contributed by atoms with Crippen LogP contribution in [0.4, 0.5) is 0 Å². The Bertz CT molecular complexity index is 5510. The van der Waals surface area contributed by atoms with E-state index in [9.17, 15) is 0 Å². The Morgan fingerprint density at radius 3 is 1.11 bits per heavy atom. The van der Waals surface area contributed by atoms with Crippen molar-refractivity contribution in [1.82, 2.24) is 9.13 Å². The second-order valence-electron chi connectivity index (χ2n) is 25.7. The second-order valence-corrected chi connectivity index (χ2v) is 25.7. The summed E-state index contributed by atoms with van der Waals surface area (Å²) in [5.41, 5.74) is 29.7. The molecule has 2 aromatic heterocycles. The number of aromatic nitrogens is 2. The molecule has 414 valence electrons. The van der Waals surface area contributed by atoms with Crippen molar-refractivity contribution in [2.75, 3.05) is 0 Å². The van der Waals surface area contributed by atoms with Crippen LogP contribution in [0, 0.1) is 0 Å². The third-order valence-corrected chi connectivity index (χ3v) is 20.1. The van der Waals surface area contributed by atoms with Gasteiger partial charge in [0.25, 0.3) is 0 Å². The first-order chi connectivity index (χ1) is 43.1. The van der Waals surface area contributed by atoms with E-state index in [2.05, 4.69) is 328 Å². The molecule has 88 heavy (non-hydrogen) atoms. The first-order valence-electron chi connectivity index (χ1n) is 30.9. The van der Waals surface area contributed by atoms with Gasteiger partial charge in [-0.2, -0.15) is 0 Å². The van der Waals surface area contributed by atoms with Gasteiger partial charge in [0.15, 0.2) is 0 Å². The normalized spacial score (nSPS) is 13.6. The molecule has 0 N–H and O–H groups in total. The highest BCUT2D eigenvalue weighted by Crippen LogP contribution is 2.53. The zero-order valence-electron chi connectivity index (χ0n) is 49.6. The third kappa shape index (κ3) is 7.61. The minimum atomic E-state index is -0.148. The highest BCUT2D eigenvalue weighted by Gasteiger charge is 2.38. The van der Waals surface area contributed by atoms with Crippen molar-refractivity contribution in [3.63, 3.8) is 0 Å². The molecule has 2 aliphatic carbocycles. The molecule has 0 spiro atoms. The number of benzene rings is 14. The topological polar surface area (TPSA) is 9.86 Å². The molecule has 18 rings (SSSR count). The van der Waals surface area contributed by atoms with Crippen LogP contribution in [0.25, 0.3) is 154 Å². The summed E-state index contributed by atoms with van der Waals surface area (Å²) in [4.78, 5) is 0. The molecule has 2 heterocycles. The predicted molar refractivity (Wildman–Crippen MR) is 372 cm³/mol. The maximum atomic E-state index is 2.50. The van der Waals surface area contributed by atoms with Crippen molar-refractivity contribution in [2.24, 2.45) is 0 Å². The Hall–Kier alpha value is -10.8. The van der Waals surface area contributed by atoms with Gasteiger partial charge in [-0.1, -0.05) is 216 Å². The van der Waals surface area contributed by atoms with E-state index in [1.807, 2.05) is 0 Å². The molecule has 0 atom stereocenters. The lowest BCUT2D eigenvalue weighted by molar-refractivity contribution is 0.661. The monoisotopic (exact) mass is 1120 g/mol. The van der Waals surface area contributed by atoms with Crippen LogP contribution < -0.4 is 0 Å². The summed E-state index contributed by atoms with van der Waals surface area (Å²) < 4.78 is 4.97. The lowest BCUT2D eigenvalue weighted by atomic mass is 9.82. The summed E-state index contributed by atoms with van der Waals surface area (Å²) in [6.07, 6.45) is 0. The molecule has 0 saturated carbocycles. The highest BCUT2D eigenvalue weighted by molar-refractivity contribution is 6.14. The fourth-order valence-electron chi connectivity index (χ4n) is 15.5. The zero-order valence-corrected chi connectivity index (χ0v) is 49.6. The Morgan fingerprint density at radius 2 is 0.580 bits per heavy atom. The Morgan fingerprint density at radius 1 is 0.205 bits per heavy atom. The Kier molecular flexibility index (Phi) is 10.8. The first-order valence-corrected chi connectivity index (χ1v) is 30.9. The zero-order chi connectivity index (χ0) is 58.6. The van der Waals surface area contributed by atoms with E-state index in [0.29, 0.717) is 0 Å². The van der Waals surface area contributed by atoms with Crippen LogP contribution in [0.1, 0.15) is 49.9 Å². The van der Waals surface area contributed by atoms with Gasteiger partial charge in [-0.25, -0.2) is 0 Å². The SMILES string of the molecule is CC1(C)c2ccccc2-c2cc3c4ccccc4n(-c4ccc(-c5ccc(-n6c7ccc(-c8cccc(-c9cc(-c%10ccc%11ccccc%11c%10)cc(-c%10ccc%11ccccc%11c%10)c9)c8)cc7c7cc8c(cc76)C(C)(C)c6ccccc6-8)cc5)cc4)c3cc21. The molecule has 0 saturated heterocycles. The third-order valence-electron chi connectivity index (χ3n) is 20.1. The molecule has 0 bridgehead atoms. The van der Waals surface area contributed by atoms with E-state index in [4.69, 9.17) is 0 Å². The summed E-state index contributed by atoms with van der Waals surface area (Å²) in [6.45, 7) is 9.51. The summed E-state index contributed by atoms with van der Waals surface area (Å²) in [7, 11) is 0. The summed E-state index contributed by atoms with van der Waals surface area (Å²) in [6, 6.07) is 110. The molecule has 2 heteroatoms. The van der Waals surface area contributed by atoms with Crippen molar-refractivity contribution in [1.29, 1.82) is 0 Å². The largest absolute Gasteiger partial charge is 0.309 e. The van der Waals surface area contributed by atoms with Gasteiger partial charge in [0.1, 0.15) is 0 Å². The van der Waals surface area contributed by atoms with Crippen LogP contribution in [-0.2, 0) is 10.8 Å². The van der Waals surface area contributed by atoms with Crippen LogP contribution in [0.2, 0.25) is 0 Å². The molecule has 0 radical (unpaired) electrons. The molecular weight excluding hydrogens is 1060 g/mol. The summed E-state index contributed by atoms with van der Waals surface area (Å²) in [5.74, 6) is 0. The molecule has 16 aromatic rings. The fourth-order valence-corrected chi connectivity index (χ4v) is 15.5. The first kappa shape index (κ1) is 50.5. The van der Waals surface area contributed by atoms with Gasteiger partial charge in [0.05, 0.1) is 22.1 Å². The van der Waals surface area contributed by atoms with Crippen molar-refractivity contribution in [3.05, 3.63) is 313 Å². The second kappa shape index (κ2) is 18.8. The number of nitrogens with zero attached hydrogens (tertiary/aromatic N) is 2. The van der Waals surface area contributed by atoms with E-state index in [-0.39, 0.29) is 10.8 Å². The number of rotatable bonds is 7. The molecule has 0 amide bonds. The molecular formula is C86H60N2. The van der Waals surface area contributed by atoms with E-state index in [1.54, 1.807) is 0 Å². The Labute approximate surface area is 512 Å². The van der Waals surface area contributed by atoms with Gasteiger partial charge in [0, 0.05) is 43.7 Å². The highest BCUT2D eigenvalue weighted by atomic mass is 15.0. The molecule has 2 nitrogen and oxygen atoms in total. The van der Waals surface area contributed by atoms with E-state index in [1.165, 1.54) is 165 Å². The molecule has 0 fully saturated rings. The maximum absolute atomic E-state index is 2.50.